The summed E-state index contributed by atoms with van der Waals surface area (Å²) in [5.74, 6) is 0.602. The van der Waals surface area contributed by atoms with Crippen LogP contribution in [0.5, 0.6) is 5.75 Å². The van der Waals surface area contributed by atoms with Crippen LogP contribution in [-0.2, 0) is 4.79 Å². The van der Waals surface area contributed by atoms with Crippen molar-refractivity contribution in [2.75, 3.05) is 39.3 Å². The van der Waals surface area contributed by atoms with Crippen molar-refractivity contribution >= 4 is 5.91 Å². The lowest BCUT2D eigenvalue weighted by Crippen LogP contribution is -2.48. The van der Waals surface area contributed by atoms with Crippen molar-refractivity contribution in [2.45, 2.75) is 32.2 Å². The maximum absolute atomic E-state index is 13.2. The number of nitrogens with one attached hydrogen (secondary N) is 2. The third-order valence-corrected chi connectivity index (χ3v) is 5.51. The SMILES string of the molecule is CCN1CCCC1CNC(=O)[C@H]1CNC[C@@H](COc2cccc(F)c2)C1. The van der Waals surface area contributed by atoms with Gasteiger partial charge in [0.05, 0.1) is 12.5 Å². The van der Waals surface area contributed by atoms with Gasteiger partial charge in [0, 0.05) is 37.7 Å². The molecule has 0 aliphatic carbocycles. The first-order valence-electron chi connectivity index (χ1n) is 9.76. The van der Waals surface area contributed by atoms with Crippen LogP contribution < -0.4 is 15.4 Å². The van der Waals surface area contributed by atoms with Crippen LogP contribution in [0.3, 0.4) is 0 Å². The molecule has 3 rings (SSSR count). The molecule has 2 aliphatic rings. The van der Waals surface area contributed by atoms with Crippen LogP contribution in [0, 0.1) is 17.7 Å². The molecule has 0 spiro atoms. The summed E-state index contributed by atoms with van der Waals surface area (Å²) in [6, 6.07) is 6.67. The van der Waals surface area contributed by atoms with Gasteiger partial charge in [-0.25, -0.2) is 4.39 Å². The van der Waals surface area contributed by atoms with E-state index in [2.05, 4.69) is 22.5 Å². The molecule has 2 saturated heterocycles. The molecule has 6 heteroatoms. The van der Waals surface area contributed by atoms with Crippen molar-refractivity contribution in [1.29, 1.82) is 0 Å². The molecule has 1 amide bonds. The molecule has 5 nitrogen and oxygen atoms in total. The number of benzene rings is 1. The Hall–Kier alpha value is -1.66. The Kier molecular flexibility index (Phi) is 6.86. The lowest BCUT2D eigenvalue weighted by molar-refractivity contribution is -0.126. The van der Waals surface area contributed by atoms with Crippen LogP contribution in [0.4, 0.5) is 4.39 Å². The molecule has 2 N–H and O–H groups in total. The number of likely N-dealkylation sites (tertiary alicyclic amines) is 1. The van der Waals surface area contributed by atoms with E-state index in [0.717, 1.165) is 32.6 Å². The Morgan fingerprint density at radius 3 is 3.12 bits per heavy atom. The molecular formula is C20H30FN3O2. The van der Waals surface area contributed by atoms with Gasteiger partial charge in [-0.05, 0) is 44.5 Å². The minimum absolute atomic E-state index is 0.0265. The molecule has 2 fully saturated rings. The Balaban J connectivity index is 1.43. The summed E-state index contributed by atoms with van der Waals surface area (Å²) in [5, 5.41) is 6.49. The smallest absolute Gasteiger partial charge is 0.224 e. The largest absolute Gasteiger partial charge is 0.493 e. The van der Waals surface area contributed by atoms with Crippen molar-refractivity contribution in [3.8, 4) is 5.75 Å². The molecule has 144 valence electrons. The zero-order chi connectivity index (χ0) is 18.4. The van der Waals surface area contributed by atoms with E-state index in [0.29, 0.717) is 24.9 Å². The van der Waals surface area contributed by atoms with E-state index in [-0.39, 0.29) is 23.6 Å². The van der Waals surface area contributed by atoms with Gasteiger partial charge in [-0.15, -0.1) is 0 Å². The minimum Gasteiger partial charge on any atom is -0.493 e. The van der Waals surface area contributed by atoms with E-state index >= 15 is 0 Å². The molecule has 0 radical (unpaired) electrons. The third-order valence-electron chi connectivity index (χ3n) is 5.51. The van der Waals surface area contributed by atoms with E-state index in [1.165, 1.54) is 25.0 Å². The summed E-state index contributed by atoms with van der Waals surface area (Å²) < 4.78 is 18.9. The highest BCUT2D eigenvalue weighted by molar-refractivity contribution is 5.79. The summed E-state index contributed by atoms with van der Waals surface area (Å²) in [5.41, 5.74) is 0. The summed E-state index contributed by atoms with van der Waals surface area (Å²) in [4.78, 5) is 15.0. The lowest BCUT2D eigenvalue weighted by atomic mass is 9.90. The number of ether oxygens (including phenoxy) is 1. The van der Waals surface area contributed by atoms with Crippen molar-refractivity contribution in [1.82, 2.24) is 15.5 Å². The first kappa shape index (κ1) is 19.1. The normalized spacial score (nSPS) is 26.6. The number of nitrogens with zero attached hydrogens (tertiary/aromatic N) is 1. The molecule has 1 aromatic carbocycles. The number of hydrogen-bond donors (Lipinski definition) is 2. The van der Waals surface area contributed by atoms with Gasteiger partial charge in [0.25, 0.3) is 0 Å². The standard InChI is InChI=1S/C20H30FN3O2/c1-2-24-8-4-6-18(24)13-23-20(25)16-9-15(11-22-12-16)14-26-19-7-3-5-17(21)10-19/h3,5,7,10,15-16,18,22H,2,4,6,8-9,11-14H2,1H3,(H,23,25)/t15-,16+,18?/m0/s1. The van der Waals surface area contributed by atoms with Crippen molar-refractivity contribution in [3.63, 3.8) is 0 Å². The van der Waals surface area contributed by atoms with Crippen LogP contribution in [0.2, 0.25) is 0 Å². The average Bonchev–Trinajstić information content (AvgIpc) is 3.12. The van der Waals surface area contributed by atoms with E-state index < -0.39 is 0 Å². The zero-order valence-electron chi connectivity index (χ0n) is 15.5. The summed E-state index contributed by atoms with van der Waals surface area (Å²) in [6.45, 7) is 7.14. The number of likely N-dealkylation sites (N-methyl/N-ethyl adjacent to an activating group) is 1. The Labute approximate surface area is 155 Å². The molecule has 0 aromatic heterocycles. The van der Waals surface area contributed by atoms with Gasteiger partial charge >= 0.3 is 0 Å². The maximum atomic E-state index is 13.2. The molecule has 1 unspecified atom stereocenters. The van der Waals surface area contributed by atoms with E-state index in [4.69, 9.17) is 4.74 Å². The van der Waals surface area contributed by atoms with Crippen molar-refractivity contribution in [2.24, 2.45) is 11.8 Å². The van der Waals surface area contributed by atoms with Gasteiger partial charge in [-0.1, -0.05) is 13.0 Å². The highest BCUT2D eigenvalue weighted by Crippen LogP contribution is 2.20. The fourth-order valence-corrected chi connectivity index (χ4v) is 4.03. The first-order valence-corrected chi connectivity index (χ1v) is 9.76. The second kappa shape index (κ2) is 9.33. The number of rotatable bonds is 7. The fourth-order valence-electron chi connectivity index (χ4n) is 4.03. The van der Waals surface area contributed by atoms with E-state index in [9.17, 15) is 9.18 Å². The first-order chi connectivity index (χ1) is 12.7. The predicted octanol–water partition coefficient (Wildman–Crippen LogP) is 2.03. The molecule has 1 aromatic rings. The molecule has 0 bridgehead atoms. The van der Waals surface area contributed by atoms with Crippen LogP contribution in [-0.4, -0.2) is 56.2 Å². The highest BCUT2D eigenvalue weighted by Gasteiger charge is 2.29. The zero-order valence-corrected chi connectivity index (χ0v) is 15.5. The van der Waals surface area contributed by atoms with Gasteiger partial charge < -0.3 is 15.4 Å². The molecule has 0 saturated carbocycles. The quantitative estimate of drug-likeness (QED) is 0.778. The molecular weight excluding hydrogens is 333 g/mol. The van der Waals surface area contributed by atoms with Gasteiger partial charge in [-0.3, -0.25) is 9.69 Å². The topological polar surface area (TPSA) is 53.6 Å². The Morgan fingerprint density at radius 1 is 1.42 bits per heavy atom. The van der Waals surface area contributed by atoms with E-state index in [1.807, 2.05) is 0 Å². The Bertz CT molecular complexity index is 598. The van der Waals surface area contributed by atoms with Crippen LogP contribution >= 0.6 is 0 Å². The van der Waals surface area contributed by atoms with Gasteiger partial charge in [-0.2, -0.15) is 0 Å². The number of carbonyl (C=O) groups is 1. The third kappa shape index (κ3) is 5.17. The summed E-state index contributed by atoms with van der Waals surface area (Å²) >= 11 is 0. The monoisotopic (exact) mass is 363 g/mol. The summed E-state index contributed by atoms with van der Waals surface area (Å²) in [7, 11) is 0. The number of carbonyl (C=O) groups excluding carboxylic acids is 1. The average molecular weight is 363 g/mol. The Morgan fingerprint density at radius 2 is 2.31 bits per heavy atom. The second-order valence-electron chi connectivity index (χ2n) is 7.40. The summed E-state index contributed by atoms with van der Waals surface area (Å²) in [6.07, 6.45) is 3.19. The second-order valence-corrected chi connectivity index (χ2v) is 7.40. The van der Waals surface area contributed by atoms with Crippen molar-refractivity contribution < 1.29 is 13.9 Å². The number of amides is 1. The van der Waals surface area contributed by atoms with Gasteiger partial charge in [0.1, 0.15) is 11.6 Å². The van der Waals surface area contributed by atoms with Gasteiger partial charge in [0.2, 0.25) is 5.91 Å². The number of hydrogen-bond acceptors (Lipinski definition) is 4. The van der Waals surface area contributed by atoms with Gasteiger partial charge in [0.15, 0.2) is 0 Å². The number of piperidine rings is 1. The lowest BCUT2D eigenvalue weighted by Gasteiger charge is -2.30. The fraction of sp³-hybridized carbons (Fsp3) is 0.650. The van der Waals surface area contributed by atoms with Crippen LogP contribution in [0.15, 0.2) is 24.3 Å². The maximum Gasteiger partial charge on any atom is 0.224 e. The van der Waals surface area contributed by atoms with Crippen LogP contribution in [0.25, 0.3) is 0 Å². The highest BCUT2D eigenvalue weighted by atomic mass is 19.1. The molecule has 2 heterocycles. The van der Waals surface area contributed by atoms with Crippen LogP contribution in [0.1, 0.15) is 26.2 Å². The van der Waals surface area contributed by atoms with E-state index in [1.54, 1.807) is 12.1 Å². The number of halogens is 1. The van der Waals surface area contributed by atoms with Crippen molar-refractivity contribution in [3.05, 3.63) is 30.1 Å². The molecule has 26 heavy (non-hydrogen) atoms. The molecule has 3 atom stereocenters. The minimum atomic E-state index is -0.297. The predicted molar refractivity (Wildman–Crippen MR) is 99.6 cm³/mol. The molecule has 2 aliphatic heterocycles.